The van der Waals surface area contributed by atoms with Crippen LogP contribution in [0, 0.1) is 20.2 Å². The van der Waals surface area contributed by atoms with Crippen molar-refractivity contribution in [2.45, 2.75) is 0 Å². The summed E-state index contributed by atoms with van der Waals surface area (Å²) in [6, 6.07) is 3.22. The Morgan fingerprint density at radius 2 is 1.28 bits per heavy atom. The first-order chi connectivity index (χ1) is 8.59. The highest BCUT2D eigenvalue weighted by molar-refractivity contribution is 7.14. The summed E-state index contributed by atoms with van der Waals surface area (Å²) >= 11 is 2.05. The molecule has 2 rings (SSSR count). The Morgan fingerprint density at radius 3 is 1.61 bits per heavy atom. The van der Waals surface area contributed by atoms with Gasteiger partial charge in [0.15, 0.2) is 0 Å². The first-order valence-electron chi connectivity index (χ1n) is 4.71. The molecule has 6 nitrogen and oxygen atoms in total. The van der Waals surface area contributed by atoms with E-state index < -0.39 is 9.85 Å². The lowest BCUT2D eigenvalue weighted by molar-refractivity contribution is -0.380. The van der Waals surface area contributed by atoms with Crippen molar-refractivity contribution in [1.29, 1.82) is 0 Å². The molecule has 2 aromatic heterocycles. The number of rotatable bonds is 4. The van der Waals surface area contributed by atoms with E-state index in [1.165, 1.54) is 12.2 Å². The highest BCUT2D eigenvalue weighted by atomic mass is 32.1. The Kier molecular flexibility index (Phi) is 3.49. The molecule has 0 aliphatic carbocycles. The SMILES string of the molecule is O=[N+]([O-])c1sccc1/C=C/c1ccsc1[N+](=O)[O-]. The van der Waals surface area contributed by atoms with Gasteiger partial charge in [0.05, 0.1) is 21.0 Å². The summed E-state index contributed by atoms with van der Waals surface area (Å²) in [5.41, 5.74) is 0.899. The number of thiophene rings is 2. The fourth-order valence-corrected chi connectivity index (χ4v) is 2.76. The highest BCUT2D eigenvalue weighted by Gasteiger charge is 2.15. The maximum atomic E-state index is 10.7. The first-order valence-corrected chi connectivity index (χ1v) is 6.47. The lowest BCUT2D eigenvalue weighted by Crippen LogP contribution is -1.86. The smallest absolute Gasteiger partial charge is 0.258 e. The van der Waals surface area contributed by atoms with E-state index in [4.69, 9.17) is 0 Å². The van der Waals surface area contributed by atoms with Gasteiger partial charge in [-0.25, -0.2) is 0 Å². The summed E-state index contributed by atoms with van der Waals surface area (Å²) < 4.78 is 0. The fourth-order valence-electron chi connectivity index (χ4n) is 1.35. The Bertz CT molecular complexity index is 575. The predicted molar refractivity (Wildman–Crippen MR) is 70.9 cm³/mol. The first kappa shape index (κ1) is 12.4. The van der Waals surface area contributed by atoms with Gasteiger partial charge < -0.3 is 0 Å². The average molecular weight is 282 g/mol. The minimum absolute atomic E-state index is 0.0316. The Labute approximate surface area is 109 Å². The molecule has 0 fully saturated rings. The maximum absolute atomic E-state index is 10.7. The minimum Gasteiger partial charge on any atom is -0.258 e. The molecule has 2 heterocycles. The Balaban J connectivity index is 2.30. The number of nitrogens with zero attached hydrogens (tertiary/aromatic N) is 2. The molecule has 0 aromatic carbocycles. The number of hydrogen-bond donors (Lipinski definition) is 0. The number of nitro groups is 2. The molecule has 0 atom stereocenters. The molecular weight excluding hydrogens is 276 g/mol. The van der Waals surface area contributed by atoms with Crippen LogP contribution in [-0.4, -0.2) is 9.85 Å². The van der Waals surface area contributed by atoms with E-state index >= 15 is 0 Å². The van der Waals surface area contributed by atoms with E-state index in [9.17, 15) is 20.2 Å². The second-order valence-corrected chi connectivity index (χ2v) is 5.00. The summed E-state index contributed by atoms with van der Waals surface area (Å²) in [6.07, 6.45) is 3.04. The maximum Gasteiger partial charge on any atom is 0.331 e. The summed E-state index contributed by atoms with van der Waals surface area (Å²) in [5, 5.41) is 24.7. The van der Waals surface area contributed by atoms with Crippen molar-refractivity contribution in [2.24, 2.45) is 0 Å². The Morgan fingerprint density at radius 1 is 0.889 bits per heavy atom. The molecule has 0 amide bonds. The van der Waals surface area contributed by atoms with Gasteiger partial charge in [-0.15, -0.1) is 0 Å². The van der Waals surface area contributed by atoms with Gasteiger partial charge in [-0.05, 0) is 35.0 Å². The number of hydrogen-bond acceptors (Lipinski definition) is 6. The molecule has 0 bridgehead atoms. The molecule has 18 heavy (non-hydrogen) atoms. The van der Waals surface area contributed by atoms with Crippen molar-refractivity contribution < 1.29 is 9.85 Å². The van der Waals surface area contributed by atoms with Gasteiger partial charge in [-0.3, -0.25) is 20.2 Å². The largest absolute Gasteiger partial charge is 0.331 e. The third-order valence-electron chi connectivity index (χ3n) is 2.12. The van der Waals surface area contributed by atoms with Crippen molar-refractivity contribution in [3.05, 3.63) is 54.2 Å². The molecule has 0 aliphatic heterocycles. The van der Waals surface area contributed by atoms with Crippen LogP contribution in [-0.2, 0) is 0 Å². The second kappa shape index (κ2) is 5.07. The van der Waals surface area contributed by atoms with Crippen LogP contribution >= 0.6 is 22.7 Å². The van der Waals surface area contributed by atoms with Crippen LogP contribution in [0.25, 0.3) is 12.2 Å². The van der Waals surface area contributed by atoms with Crippen molar-refractivity contribution in [2.75, 3.05) is 0 Å². The fraction of sp³-hybridized carbons (Fsp3) is 0. The molecular formula is C10H6N2O4S2. The lowest BCUT2D eigenvalue weighted by atomic mass is 10.2. The molecule has 0 saturated carbocycles. The van der Waals surface area contributed by atoms with Gasteiger partial charge in [0, 0.05) is 0 Å². The minimum atomic E-state index is -0.466. The van der Waals surface area contributed by atoms with Crippen LogP contribution < -0.4 is 0 Å². The van der Waals surface area contributed by atoms with Gasteiger partial charge in [0.2, 0.25) is 0 Å². The highest BCUT2D eigenvalue weighted by Crippen LogP contribution is 2.30. The van der Waals surface area contributed by atoms with E-state index in [1.807, 2.05) is 0 Å². The van der Waals surface area contributed by atoms with E-state index in [0.29, 0.717) is 11.1 Å². The van der Waals surface area contributed by atoms with Crippen molar-refractivity contribution >= 4 is 44.8 Å². The molecule has 0 saturated heterocycles. The van der Waals surface area contributed by atoms with Gasteiger partial charge in [0.1, 0.15) is 0 Å². The Hall–Kier alpha value is -2.06. The van der Waals surface area contributed by atoms with Crippen LogP contribution in [0.5, 0.6) is 0 Å². The van der Waals surface area contributed by atoms with Gasteiger partial charge in [-0.1, -0.05) is 22.7 Å². The summed E-state index contributed by atoms with van der Waals surface area (Å²) in [6.45, 7) is 0. The van der Waals surface area contributed by atoms with E-state index in [1.54, 1.807) is 22.9 Å². The van der Waals surface area contributed by atoms with Crippen molar-refractivity contribution in [3.63, 3.8) is 0 Å². The zero-order valence-electron chi connectivity index (χ0n) is 8.81. The third kappa shape index (κ3) is 2.44. The summed E-state index contributed by atoms with van der Waals surface area (Å²) in [4.78, 5) is 20.5. The van der Waals surface area contributed by atoms with Crippen LogP contribution in [0.2, 0.25) is 0 Å². The normalized spacial score (nSPS) is 10.9. The van der Waals surface area contributed by atoms with E-state index in [-0.39, 0.29) is 10.0 Å². The zero-order chi connectivity index (χ0) is 13.1. The standard InChI is InChI=1S/C10H6N2O4S2/c13-11(14)9-7(3-5-17-9)1-2-8-4-6-18-10(8)12(15)16/h1-6H/b2-1+. The summed E-state index contributed by atoms with van der Waals surface area (Å²) in [5.74, 6) is 0. The van der Waals surface area contributed by atoms with Gasteiger partial charge in [0.25, 0.3) is 0 Å². The topological polar surface area (TPSA) is 86.3 Å². The molecule has 8 heteroatoms. The average Bonchev–Trinajstić information content (AvgIpc) is 2.94. The molecule has 0 radical (unpaired) electrons. The van der Waals surface area contributed by atoms with Crippen molar-refractivity contribution in [3.8, 4) is 0 Å². The molecule has 92 valence electrons. The van der Waals surface area contributed by atoms with Gasteiger partial charge >= 0.3 is 10.0 Å². The quantitative estimate of drug-likeness (QED) is 0.630. The van der Waals surface area contributed by atoms with Crippen LogP contribution in [0.15, 0.2) is 22.9 Å². The van der Waals surface area contributed by atoms with Crippen LogP contribution in [0.3, 0.4) is 0 Å². The monoisotopic (exact) mass is 282 g/mol. The van der Waals surface area contributed by atoms with Crippen molar-refractivity contribution in [1.82, 2.24) is 0 Å². The zero-order valence-corrected chi connectivity index (χ0v) is 10.4. The second-order valence-electron chi connectivity index (χ2n) is 3.21. The van der Waals surface area contributed by atoms with Gasteiger partial charge in [-0.2, -0.15) is 0 Å². The van der Waals surface area contributed by atoms with E-state index in [0.717, 1.165) is 22.7 Å². The molecule has 0 N–H and O–H groups in total. The molecule has 0 aliphatic rings. The molecule has 2 aromatic rings. The van der Waals surface area contributed by atoms with Crippen LogP contribution in [0.4, 0.5) is 10.0 Å². The lowest BCUT2D eigenvalue weighted by Gasteiger charge is -1.90. The molecule has 0 unspecified atom stereocenters. The van der Waals surface area contributed by atoms with Crippen LogP contribution in [0.1, 0.15) is 11.1 Å². The van der Waals surface area contributed by atoms with E-state index in [2.05, 4.69) is 0 Å². The summed E-state index contributed by atoms with van der Waals surface area (Å²) in [7, 11) is 0. The predicted octanol–water partition coefficient (Wildman–Crippen LogP) is 3.80. The third-order valence-corrected chi connectivity index (χ3v) is 3.88. The molecule has 0 spiro atoms.